The van der Waals surface area contributed by atoms with Crippen LogP contribution < -0.4 is 0 Å². The average molecular weight is 229 g/mol. The molecule has 0 rings (SSSR count). The third kappa shape index (κ3) is 5.79. The smallest absolute Gasteiger partial charge is 0.330 e. The third-order valence-electron chi connectivity index (χ3n) is 1.61. The van der Waals surface area contributed by atoms with Crippen LogP contribution in [0.2, 0.25) is 0 Å². The molecule has 0 aromatic heterocycles. The molecule has 0 heterocycles. The highest BCUT2D eigenvalue weighted by molar-refractivity contribution is 5.95. The van der Waals surface area contributed by atoms with Crippen molar-refractivity contribution in [1.82, 2.24) is 4.90 Å². The SMILES string of the molecule is CCOC(=O)CN(C)C(=O)/C=C/C(=O)OC. The Morgan fingerprint density at radius 3 is 2.38 bits per heavy atom. The van der Waals surface area contributed by atoms with E-state index in [4.69, 9.17) is 0 Å². The van der Waals surface area contributed by atoms with Gasteiger partial charge in [-0.15, -0.1) is 0 Å². The van der Waals surface area contributed by atoms with Crippen molar-refractivity contribution in [3.63, 3.8) is 0 Å². The van der Waals surface area contributed by atoms with E-state index in [-0.39, 0.29) is 13.2 Å². The Balaban J connectivity index is 4.13. The summed E-state index contributed by atoms with van der Waals surface area (Å²) in [5.74, 6) is -1.60. The minimum atomic E-state index is -0.627. The fourth-order valence-corrected chi connectivity index (χ4v) is 0.813. The molecule has 90 valence electrons. The van der Waals surface area contributed by atoms with Gasteiger partial charge in [0, 0.05) is 19.2 Å². The van der Waals surface area contributed by atoms with Crippen LogP contribution in [0.5, 0.6) is 0 Å². The average Bonchev–Trinajstić information content (AvgIpc) is 2.25. The maximum Gasteiger partial charge on any atom is 0.330 e. The fourth-order valence-electron chi connectivity index (χ4n) is 0.813. The molecule has 6 nitrogen and oxygen atoms in total. The van der Waals surface area contributed by atoms with Gasteiger partial charge >= 0.3 is 11.9 Å². The minimum absolute atomic E-state index is 0.155. The molecule has 16 heavy (non-hydrogen) atoms. The lowest BCUT2D eigenvalue weighted by Gasteiger charge is -2.13. The number of hydrogen-bond donors (Lipinski definition) is 0. The van der Waals surface area contributed by atoms with E-state index in [1.165, 1.54) is 14.2 Å². The number of nitrogens with zero attached hydrogens (tertiary/aromatic N) is 1. The number of methoxy groups -OCH3 is 1. The lowest BCUT2D eigenvalue weighted by molar-refractivity contribution is -0.147. The van der Waals surface area contributed by atoms with Crippen LogP contribution in [0, 0.1) is 0 Å². The van der Waals surface area contributed by atoms with Gasteiger partial charge in [0.25, 0.3) is 0 Å². The Hall–Kier alpha value is -1.85. The molecule has 0 aromatic rings. The van der Waals surface area contributed by atoms with E-state index < -0.39 is 17.8 Å². The Morgan fingerprint density at radius 2 is 1.88 bits per heavy atom. The maximum atomic E-state index is 11.3. The van der Waals surface area contributed by atoms with Gasteiger partial charge in [0.2, 0.25) is 5.91 Å². The van der Waals surface area contributed by atoms with Gasteiger partial charge in [0.05, 0.1) is 13.7 Å². The van der Waals surface area contributed by atoms with E-state index in [9.17, 15) is 14.4 Å². The van der Waals surface area contributed by atoms with E-state index in [1.807, 2.05) is 0 Å². The van der Waals surface area contributed by atoms with Gasteiger partial charge < -0.3 is 14.4 Å². The summed E-state index contributed by atoms with van der Waals surface area (Å²) in [4.78, 5) is 34.2. The summed E-state index contributed by atoms with van der Waals surface area (Å²) < 4.78 is 8.97. The Kier molecular flexibility index (Phi) is 6.58. The molecule has 0 radical (unpaired) electrons. The molecule has 0 saturated carbocycles. The topological polar surface area (TPSA) is 72.9 Å². The van der Waals surface area contributed by atoms with Crippen molar-refractivity contribution in [2.45, 2.75) is 6.92 Å². The van der Waals surface area contributed by atoms with Gasteiger partial charge in [0.1, 0.15) is 6.54 Å². The highest BCUT2D eigenvalue weighted by Gasteiger charge is 2.11. The van der Waals surface area contributed by atoms with Crippen molar-refractivity contribution >= 4 is 17.8 Å². The Labute approximate surface area is 93.8 Å². The number of hydrogen-bond acceptors (Lipinski definition) is 5. The molecule has 0 N–H and O–H groups in total. The number of likely N-dealkylation sites (N-methyl/N-ethyl adjacent to an activating group) is 1. The van der Waals surface area contributed by atoms with Crippen molar-refractivity contribution in [2.24, 2.45) is 0 Å². The number of rotatable bonds is 5. The summed E-state index contributed by atoms with van der Waals surface area (Å²) in [6.07, 6.45) is 2.02. The van der Waals surface area contributed by atoms with E-state index in [0.29, 0.717) is 0 Å². The van der Waals surface area contributed by atoms with Gasteiger partial charge in [-0.2, -0.15) is 0 Å². The summed E-state index contributed by atoms with van der Waals surface area (Å²) >= 11 is 0. The lowest BCUT2D eigenvalue weighted by Crippen LogP contribution is -2.31. The molecule has 0 aliphatic rings. The normalized spacial score (nSPS) is 9.94. The molecule has 0 fully saturated rings. The predicted molar refractivity (Wildman–Crippen MR) is 55.4 cm³/mol. The zero-order chi connectivity index (χ0) is 12.6. The van der Waals surface area contributed by atoms with Crippen molar-refractivity contribution in [3.8, 4) is 0 Å². The molecule has 0 atom stereocenters. The summed E-state index contributed by atoms with van der Waals surface area (Å²) in [5.41, 5.74) is 0. The lowest BCUT2D eigenvalue weighted by atomic mass is 10.4. The molecule has 6 heteroatoms. The number of ether oxygens (including phenoxy) is 2. The zero-order valence-corrected chi connectivity index (χ0v) is 9.56. The first kappa shape index (κ1) is 14.2. The highest BCUT2D eigenvalue weighted by atomic mass is 16.5. The first-order valence-electron chi connectivity index (χ1n) is 4.68. The fraction of sp³-hybridized carbons (Fsp3) is 0.500. The van der Waals surface area contributed by atoms with Crippen LogP contribution in [0.4, 0.5) is 0 Å². The van der Waals surface area contributed by atoms with E-state index >= 15 is 0 Å². The second kappa shape index (κ2) is 7.44. The van der Waals surface area contributed by atoms with Gasteiger partial charge in [-0.25, -0.2) is 4.79 Å². The predicted octanol–water partition coefficient (Wildman–Crippen LogP) is -0.263. The maximum absolute atomic E-state index is 11.3. The third-order valence-corrected chi connectivity index (χ3v) is 1.61. The summed E-state index contributed by atoms with van der Waals surface area (Å²) in [7, 11) is 2.64. The molecule has 0 aliphatic heterocycles. The molecule has 0 unspecified atom stereocenters. The first-order chi connectivity index (χ1) is 7.51. The van der Waals surface area contributed by atoms with Crippen LogP contribution in [0.25, 0.3) is 0 Å². The largest absolute Gasteiger partial charge is 0.466 e. The van der Waals surface area contributed by atoms with Crippen molar-refractivity contribution in [2.75, 3.05) is 27.3 Å². The van der Waals surface area contributed by atoms with Crippen LogP contribution in [-0.2, 0) is 23.9 Å². The van der Waals surface area contributed by atoms with Gasteiger partial charge in [-0.3, -0.25) is 9.59 Å². The molecule has 0 saturated heterocycles. The van der Waals surface area contributed by atoms with E-state index in [1.54, 1.807) is 6.92 Å². The van der Waals surface area contributed by atoms with Gasteiger partial charge in [-0.1, -0.05) is 0 Å². The first-order valence-corrected chi connectivity index (χ1v) is 4.68. The number of carbonyl (C=O) groups excluding carboxylic acids is 3. The van der Waals surface area contributed by atoms with Crippen LogP contribution in [0.3, 0.4) is 0 Å². The molecule has 0 aromatic carbocycles. The number of amides is 1. The quantitative estimate of drug-likeness (QED) is 0.479. The van der Waals surface area contributed by atoms with Gasteiger partial charge in [0.15, 0.2) is 0 Å². The molecule has 1 amide bonds. The van der Waals surface area contributed by atoms with Crippen molar-refractivity contribution < 1.29 is 23.9 Å². The molecule has 0 spiro atoms. The van der Waals surface area contributed by atoms with E-state index in [2.05, 4.69) is 9.47 Å². The molecular weight excluding hydrogens is 214 g/mol. The molecular formula is C10H15NO5. The van der Waals surface area contributed by atoms with E-state index in [0.717, 1.165) is 17.1 Å². The second-order valence-corrected chi connectivity index (χ2v) is 2.86. The zero-order valence-electron chi connectivity index (χ0n) is 9.56. The molecule has 0 bridgehead atoms. The Bertz CT molecular complexity index is 298. The highest BCUT2D eigenvalue weighted by Crippen LogP contribution is 1.90. The van der Waals surface area contributed by atoms with Crippen LogP contribution in [0.1, 0.15) is 6.92 Å². The van der Waals surface area contributed by atoms with Crippen molar-refractivity contribution in [1.29, 1.82) is 0 Å². The summed E-state index contributed by atoms with van der Waals surface area (Å²) in [6.45, 7) is 1.79. The number of esters is 2. The number of carbonyl (C=O) groups is 3. The van der Waals surface area contributed by atoms with Crippen LogP contribution >= 0.6 is 0 Å². The Morgan fingerprint density at radius 1 is 1.25 bits per heavy atom. The summed E-state index contributed by atoms with van der Waals surface area (Å²) in [6, 6.07) is 0. The van der Waals surface area contributed by atoms with Crippen molar-refractivity contribution in [3.05, 3.63) is 12.2 Å². The standard InChI is InChI=1S/C10H15NO5/c1-4-16-10(14)7-11(2)8(12)5-6-9(13)15-3/h5-6H,4,7H2,1-3H3/b6-5+. The van der Waals surface area contributed by atoms with Gasteiger partial charge in [-0.05, 0) is 6.92 Å². The van der Waals surface area contributed by atoms with Crippen LogP contribution in [0.15, 0.2) is 12.2 Å². The summed E-state index contributed by atoms with van der Waals surface area (Å²) in [5, 5.41) is 0. The second-order valence-electron chi connectivity index (χ2n) is 2.86. The van der Waals surface area contributed by atoms with Crippen LogP contribution in [-0.4, -0.2) is 50.1 Å². The monoisotopic (exact) mass is 229 g/mol. The molecule has 0 aliphatic carbocycles. The minimum Gasteiger partial charge on any atom is -0.466 e.